The molecule has 1 aromatic carbocycles. The third kappa shape index (κ3) is 2.32. The number of aromatic nitrogens is 2. The third-order valence-electron chi connectivity index (χ3n) is 3.63. The minimum absolute atomic E-state index is 0.500. The lowest BCUT2D eigenvalue weighted by atomic mass is 10.2. The van der Waals surface area contributed by atoms with Gasteiger partial charge in [0.25, 0.3) is 0 Å². The molecule has 0 radical (unpaired) electrons. The van der Waals surface area contributed by atoms with Crippen molar-refractivity contribution in [1.82, 2.24) is 9.97 Å². The second-order valence-electron chi connectivity index (χ2n) is 5.04. The molecule has 0 amide bonds. The predicted octanol–water partition coefficient (Wildman–Crippen LogP) is 4.31. The molecule has 0 saturated heterocycles. The summed E-state index contributed by atoms with van der Waals surface area (Å²) in [6.45, 7) is 1.51. The van der Waals surface area contributed by atoms with Gasteiger partial charge in [-0.1, -0.05) is 41.9 Å². The number of thiophene rings is 1. The molecule has 0 unspecified atom stereocenters. The van der Waals surface area contributed by atoms with Crippen LogP contribution in [-0.2, 0) is 6.54 Å². The normalized spacial score (nSPS) is 13.5. The first-order chi connectivity index (χ1) is 10.8. The summed E-state index contributed by atoms with van der Waals surface area (Å²) in [6, 6.07) is 14.5. The molecule has 0 spiro atoms. The lowest BCUT2D eigenvalue weighted by molar-refractivity contribution is 0.834. The van der Waals surface area contributed by atoms with Crippen molar-refractivity contribution in [2.24, 2.45) is 0 Å². The molecule has 0 bridgehead atoms. The largest absolute Gasteiger partial charge is 0.344 e. The molecule has 6 heteroatoms. The van der Waals surface area contributed by atoms with Gasteiger partial charge in [0.15, 0.2) is 11.0 Å². The Morgan fingerprint density at radius 2 is 1.95 bits per heavy atom. The van der Waals surface area contributed by atoms with Gasteiger partial charge in [0, 0.05) is 6.54 Å². The van der Waals surface area contributed by atoms with Crippen LogP contribution in [0.1, 0.15) is 5.56 Å². The number of nitrogens with zero attached hydrogens (tertiary/aromatic N) is 4. The molecule has 4 nitrogen and oxygen atoms in total. The fourth-order valence-corrected chi connectivity index (χ4v) is 3.63. The van der Waals surface area contributed by atoms with Gasteiger partial charge in [-0.05, 0) is 23.1 Å². The molecule has 1 aliphatic rings. The average Bonchev–Trinajstić information content (AvgIpc) is 3.17. The van der Waals surface area contributed by atoms with Crippen molar-refractivity contribution in [1.29, 1.82) is 0 Å². The lowest BCUT2D eigenvalue weighted by Crippen LogP contribution is -2.27. The third-order valence-corrected chi connectivity index (χ3v) is 4.80. The van der Waals surface area contributed by atoms with E-state index in [1.165, 1.54) is 11.9 Å². The second-order valence-corrected chi connectivity index (χ2v) is 6.33. The summed E-state index contributed by atoms with van der Waals surface area (Å²) >= 11 is 8.04. The van der Waals surface area contributed by atoms with E-state index in [-0.39, 0.29) is 0 Å². The molecule has 0 N–H and O–H groups in total. The molecule has 0 saturated carbocycles. The van der Waals surface area contributed by atoms with Gasteiger partial charge in [-0.25, -0.2) is 9.97 Å². The topological polar surface area (TPSA) is 32.3 Å². The second kappa shape index (κ2) is 5.59. The maximum Gasteiger partial charge on any atom is 0.163 e. The van der Waals surface area contributed by atoms with E-state index in [2.05, 4.69) is 43.3 Å². The molecule has 4 rings (SSSR count). The Morgan fingerprint density at radius 1 is 1.09 bits per heavy atom. The first-order valence-electron chi connectivity index (χ1n) is 6.93. The van der Waals surface area contributed by atoms with Crippen LogP contribution >= 0.6 is 22.9 Å². The van der Waals surface area contributed by atoms with Crippen molar-refractivity contribution in [2.45, 2.75) is 6.54 Å². The number of hydrogen-bond acceptors (Lipinski definition) is 5. The van der Waals surface area contributed by atoms with E-state index in [0.29, 0.717) is 5.15 Å². The van der Waals surface area contributed by atoms with Crippen molar-refractivity contribution in [3.8, 4) is 0 Å². The first kappa shape index (κ1) is 13.5. The van der Waals surface area contributed by atoms with Crippen molar-refractivity contribution in [3.05, 3.63) is 64.9 Å². The molecule has 1 aliphatic heterocycles. The Labute approximate surface area is 137 Å². The minimum atomic E-state index is 0.500. The van der Waals surface area contributed by atoms with Crippen LogP contribution in [-0.4, -0.2) is 16.6 Å². The Balaban J connectivity index is 1.73. The fraction of sp³-hybridized carbons (Fsp3) is 0.125. The Hall–Kier alpha value is -2.11. The van der Waals surface area contributed by atoms with Gasteiger partial charge >= 0.3 is 0 Å². The molecule has 3 heterocycles. The SMILES string of the molecule is Clc1ncnc2c1N(Cc1ccccc1)CN2c1cccs1. The summed E-state index contributed by atoms with van der Waals surface area (Å²) in [5.41, 5.74) is 2.14. The summed E-state index contributed by atoms with van der Waals surface area (Å²) in [4.78, 5) is 13.0. The van der Waals surface area contributed by atoms with Crippen LogP contribution in [0, 0.1) is 0 Å². The fourth-order valence-electron chi connectivity index (χ4n) is 2.66. The van der Waals surface area contributed by atoms with Gasteiger partial charge in [0.1, 0.15) is 12.0 Å². The molecule has 0 aliphatic carbocycles. The molecule has 0 atom stereocenters. The molecule has 2 aromatic heterocycles. The lowest BCUT2D eigenvalue weighted by Gasteiger charge is -2.20. The monoisotopic (exact) mass is 328 g/mol. The molecular weight excluding hydrogens is 316 g/mol. The predicted molar refractivity (Wildman–Crippen MR) is 91.0 cm³/mol. The van der Waals surface area contributed by atoms with Gasteiger partial charge < -0.3 is 4.90 Å². The van der Waals surface area contributed by atoms with Crippen molar-refractivity contribution >= 4 is 39.4 Å². The van der Waals surface area contributed by atoms with Crippen LogP contribution in [0.15, 0.2) is 54.2 Å². The Kier molecular flexibility index (Phi) is 3.44. The Morgan fingerprint density at radius 3 is 2.73 bits per heavy atom. The standard InChI is InChI=1S/C16H13ClN4S/c17-15-14-16(19-10-18-15)21(13-7-4-8-22-13)11-20(14)9-12-5-2-1-3-6-12/h1-8,10H,9,11H2. The highest BCUT2D eigenvalue weighted by Gasteiger charge is 2.31. The van der Waals surface area contributed by atoms with Crippen LogP contribution in [0.2, 0.25) is 5.15 Å². The van der Waals surface area contributed by atoms with Gasteiger partial charge in [0.2, 0.25) is 0 Å². The summed E-state index contributed by atoms with van der Waals surface area (Å²) < 4.78 is 0. The van der Waals surface area contributed by atoms with E-state index in [9.17, 15) is 0 Å². The molecular formula is C16H13ClN4S. The number of hydrogen-bond donors (Lipinski definition) is 0. The van der Waals surface area contributed by atoms with Gasteiger partial charge in [-0.2, -0.15) is 0 Å². The van der Waals surface area contributed by atoms with Crippen LogP contribution in [0.5, 0.6) is 0 Å². The highest BCUT2D eigenvalue weighted by molar-refractivity contribution is 7.14. The number of anilines is 3. The molecule has 110 valence electrons. The van der Waals surface area contributed by atoms with Gasteiger partial charge in [-0.3, -0.25) is 4.90 Å². The summed E-state index contributed by atoms with van der Waals surface area (Å²) in [7, 11) is 0. The van der Waals surface area contributed by atoms with E-state index in [1.54, 1.807) is 11.3 Å². The van der Waals surface area contributed by atoms with E-state index in [0.717, 1.165) is 29.7 Å². The van der Waals surface area contributed by atoms with Crippen LogP contribution in [0.25, 0.3) is 0 Å². The number of rotatable bonds is 3. The van der Waals surface area contributed by atoms with Gasteiger partial charge in [0.05, 0.1) is 11.7 Å². The zero-order chi connectivity index (χ0) is 14.9. The number of fused-ring (bicyclic) bond motifs is 1. The van der Waals surface area contributed by atoms with E-state index < -0.39 is 0 Å². The average molecular weight is 329 g/mol. The van der Waals surface area contributed by atoms with Crippen LogP contribution in [0.4, 0.5) is 16.5 Å². The highest BCUT2D eigenvalue weighted by atomic mass is 35.5. The summed E-state index contributed by atoms with van der Waals surface area (Å²) in [5.74, 6) is 0.874. The van der Waals surface area contributed by atoms with Crippen molar-refractivity contribution in [2.75, 3.05) is 16.5 Å². The van der Waals surface area contributed by atoms with E-state index in [4.69, 9.17) is 11.6 Å². The number of halogens is 1. The quantitative estimate of drug-likeness (QED) is 0.671. The molecule has 3 aromatic rings. The summed E-state index contributed by atoms with van der Waals surface area (Å²) in [5, 5.41) is 3.73. The van der Waals surface area contributed by atoms with Crippen molar-refractivity contribution < 1.29 is 0 Å². The minimum Gasteiger partial charge on any atom is -0.344 e. The van der Waals surface area contributed by atoms with Gasteiger partial charge in [-0.15, -0.1) is 11.3 Å². The maximum absolute atomic E-state index is 6.34. The van der Waals surface area contributed by atoms with E-state index >= 15 is 0 Å². The number of benzene rings is 1. The molecule has 0 fully saturated rings. The molecule has 22 heavy (non-hydrogen) atoms. The Bertz CT molecular complexity index is 776. The van der Waals surface area contributed by atoms with Crippen LogP contribution in [0.3, 0.4) is 0 Å². The van der Waals surface area contributed by atoms with Crippen LogP contribution < -0.4 is 9.80 Å². The van der Waals surface area contributed by atoms with Crippen molar-refractivity contribution in [3.63, 3.8) is 0 Å². The zero-order valence-corrected chi connectivity index (χ0v) is 13.3. The van der Waals surface area contributed by atoms with E-state index in [1.807, 2.05) is 24.3 Å². The zero-order valence-electron chi connectivity index (χ0n) is 11.7. The highest BCUT2D eigenvalue weighted by Crippen LogP contribution is 2.43. The smallest absolute Gasteiger partial charge is 0.163 e. The first-order valence-corrected chi connectivity index (χ1v) is 8.19. The summed E-state index contributed by atoms with van der Waals surface area (Å²) in [6.07, 6.45) is 1.52. The maximum atomic E-state index is 6.34.